The van der Waals surface area contributed by atoms with Crippen molar-refractivity contribution in [2.24, 2.45) is 0 Å². The number of unbranched alkanes of at least 4 members (excludes halogenated alkanes) is 1. The standard InChI is InChI=1S/C22H29N3O.CH4/c1-19-8-7-11-21(18-19)25-16-14-24(15-17-25)13-6-5-12-23-22(26)20-9-3-2-4-10-20;/h2-4,7-11,18H,5-6,12-17H2,1H3,(H,23,26);1H4. The Morgan fingerprint density at radius 1 is 0.963 bits per heavy atom. The summed E-state index contributed by atoms with van der Waals surface area (Å²) < 4.78 is 0. The highest BCUT2D eigenvalue weighted by atomic mass is 16.1. The molecular formula is C23H33N3O. The first-order valence-electron chi connectivity index (χ1n) is 9.59. The van der Waals surface area contributed by atoms with Crippen LogP contribution in [0.1, 0.15) is 36.2 Å². The molecule has 0 radical (unpaired) electrons. The average molecular weight is 368 g/mol. The Kier molecular flexibility index (Phi) is 8.34. The normalized spacial score (nSPS) is 14.5. The first-order chi connectivity index (χ1) is 12.7. The lowest BCUT2D eigenvalue weighted by molar-refractivity contribution is 0.0952. The number of rotatable bonds is 7. The summed E-state index contributed by atoms with van der Waals surface area (Å²) in [7, 11) is 0. The predicted molar refractivity (Wildman–Crippen MR) is 115 cm³/mol. The van der Waals surface area contributed by atoms with Crippen molar-refractivity contribution in [1.82, 2.24) is 10.2 Å². The minimum atomic E-state index is 0. The number of carbonyl (C=O) groups is 1. The quantitative estimate of drug-likeness (QED) is 0.752. The van der Waals surface area contributed by atoms with Crippen LogP contribution in [0.4, 0.5) is 5.69 Å². The number of nitrogens with one attached hydrogen (secondary N) is 1. The fraction of sp³-hybridized carbons (Fsp3) is 0.435. The molecule has 1 amide bonds. The van der Waals surface area contributed by atoms with Gasteiger partial charge in [0.05, 0.1) is 0 Å². The lowest BCUT2D eigenvalue weighted by atomic mass is 10.2. The van der Waals surface area contributed by atoms with E-state index in [4.69, 9.17) is 0 Å². The van der Waals surface area contributed by atoms with Crippen LogP contribution in [0.2, 0.25) is 0 Å². The van der Waals surface area contributed by atoms with Crippen LogP contribution in [0.15, 0.2) is 54.6 Å². The lowest BCUT2D eigenvalue weighted by Crippen LogP contribution is -2.46. The molecular weight excluding hydrogens is 334 g/mol. The molecule has 1 aliphatic rings. The molecule has 1 N–H and O–H groups in total. The third-order valence-corrected chi connectivity index (χ3v) is 4.96. The minimum absolute atomic E-state index is 0. The van der Waals surface area contributed by atoms with Crippen molar-refractivity contribution in [2.75, 3.05) is 44.2 Å². The van der Waals surface area contributed by atoms with Crippen molar-refractivity contribution < 1.29 is 4.79 Å². The maximum absolute atomic E-state index is 12.0. The molecule has 27 heavy (non-hydrogen) atoms. The molecule has 0 bridgehead atoms. The number of hydrogen-bond acceptors (Lipinski definition) is 3. The van der Waals surface area contributed by atoms with E-state index in [1.807, 2.05) is 30.3 Å². The van der Waals surface area contributed by atoms with E-state index in [0.29, 0.717) is 0 Å². The number of carbonyl (C=O) groups excluding carboxylic acids is 1. The SMILES string of the molecule is C.Cc1cccc(N2CCN(CCCCNC(=O)c3ccccc3)CC2)c1. The van der Waals surface area contributed by atoms with Gasteiger partial charge in [-0.3, -0.25) is 9.69 Å². The van der Waals surface area contributed by atoms with Gasteiger partial charge in [-0.25, -0.2) is 0 Å². The molecule has 0 atom stereocenters. The van der Waals surface area contributed by atoms with Crippen LogP contribution in [-0.4, -0.2) is 50.1 Å². The van der Waals surface area contributed by atoms with E-state index < -0.39 is 0 Å². The average Bonchev–Trinajstić information content (AvgIpc) is 2.69. The van der Waals surface area contributed by atoms with E-state index >= 15 is 0 Å². The summed E-state index contributed by atoms with van der Waals surface area (Å²) >= 11 is 0. The fourth-order valence-electron chi connectivity index (χ4n) is 3.41. The Morgan fingerprint density at radius 2 is 1.70 bits per heavy atom. The molecule has 0 spiro atoms. The smallest absolute Gasteiger partial charge is 0.251 e. The van der Waals surface area contributed by atoms with Gasteiger partial charge in [0.25, 0.3) is 5.91 Å². The Balaban J connectivity index is 0.00000261. The highest BCUT2D eigenvalue weighted by Crippen LogP contribution is 2.17. The first kappa shape index (κ1) is 21.0. The summed E-state index contributed by atoms with van der Waals surface area (Å²) in [4.78, 5) is 17.0. The van der Waals surface area contributed by atoms with Gasteiger partial charge in [-0.2, -0.15) is 0 Å². The largest absolute Gasteiger partial charge is 0.369 e. The Bertz CT molecular complexity index is 694. The highest BCUT2D eigenvalue weighted by molar-refractivity contribution is 5.94. The summed E-state index contributed by atoms with van der Waals surface area (Å²) in [6, 6.07) is 18.2. The number of anilines is 1. The molecule has 2 aromatic rings. The van der Waals surface area contributed by atoms with Crippen LogP contribution in [0.5, 0.6) is 0 Å². The van der Waals surface area contributed by atoms with Gasteiger partial charge >= 0.3 is 0 Å². The van der Waals surface area contributed by atoms with Crippen LogP contribution in [0, 0.1) is 6.92 Å². The number of piperazine rings is 1. The van der Waals surface area contributed by atoms with Gasteiger partial charge in [0, 0.05) is 44.0 Å². The molecule has 4 nitrogen and oxygen atoms in total. The zero-order valence-electron chi connectivity index (χ0n) is 15.7. The third-order valence-electron chi connectivity index (χ3n) is 4.96. The van der Waals surface area contributed by atoms with Crippen molar-refractivity contribution in [2.45, 2.75) is 27.2 Å². The molecule has 1 saturated heterocycles. The van der Waals surface area contributed by atoms with Gasteiger partial charge in [0.1, 0.15) is 0 Å². The fourth-order valence-corrected chi connectivity index (χ4v) is 3.41. The second-order valence-corrected chi connectivity index (χ2v) is 7.00. The molecule has 146 valence electrons. The number of hydrogen-bond donors (Lipinski definition) is 1. The third kappa shape index (κ3) is 6.40. The number of nitrogens with zero attached hydrogens (tertiary/aromatic N) is 2. The van der Waals surface area contributed by atoms with Gasteiger partial charge in [-0.05, 0) is 56.1 Å². The van der Waals surface area contributed by atoms with Gasteiger partial charge in [0.15, 0.2) is 0 Å². The molecule has 1 fully saturated rings. The van der Waals surface area contributed by atoms with Gasteiger partial charge in [0.2, 0.25) is 0 Å². The van der Waals surface area contributed by atoms with Crippen LogP contribution in [0.3, 0.4) is 0 Å². The first-order valence-corrected chi connectivity index (χ1v) is 9.59. The van der Waals surface area contributed by atoms with Crippen LogP contribution in [-0.2, 0) is 0 Å². The zero-order valence-corrected chi connectivity index (χ0v) is 15.7. The Morgan fingerprint density at radius 3 is 2.41 bits per heavy atom. The summed E-state index contributed by atoms with van der Waals surface area (Å²) in [6.07, 6.45) is 2.15. The van der Waals surface area contributed by atoms with Crippen LogP contribution >= 0.6 is 0 Å². The maximum atomic E-state index is 12.0. The molecule has 1 heterocycles. The molecule has 0 saturated carbocycles. The van der Waals surface area contributed by atoms with Crippen molar-refractivity contribution in [3.63, 3.8) is 0 Å². The number of benzene rings is 2. The zero-order chi connectivity index (χ0) is 18.2. The van der Waals surface area contributed by atoms with E-state index in [0.717, 1.165) is 57.7 Å². The van der Waals surface area contributed by atoms with Gasteiger partial charge < -0.3 is 10.2 Å². The molecule has 2 aromatic carbocycles. The van der Waals surface area contributed by atoms with Crippen molar-refractivity contribution >= 4 is 11.6 Å². The second-order valence-electron chi connectivity index (χ2n) is 7.00. The molecule has 3 rings (SSSR count). The predicted octanol–water partition coefficient (Wildman–Crippen LogP) is 3.96. The Hall–Kier alpha value is -2.33. The summed E-state index contributed by atoms with van der Waals surface area (Å²) in [5.74, 6) is 0.0253. The highest BCUT2D eigenvalue weighted by Gasteiger charge is 2.16. The lowest BCUT2D eigenvalue weighted by Gasteiger charge is -2.36. The summed E-state index contributed by atoms with van der Waals surface area (Å²) in [6.45, 7) is 8.42. The second kappa shape index (κ2) is 10.7. The van der Waals surface area contributed by atoms with E-state index in [2.05, 4.69) is 46.3 Å². The Labute approximate surface area is 164 Å². The van der Waals surface area contributed by atoms with E-state index in [1.165, 1.54) is 11.3 Å². The minimum Gasteiger partial charge on any atom is -0.369 e. The molecule has 1 aliphatic heterocycles. The molecule has 0 aliphatic carbocycles. The number of amides is 1. The van der Waals surface area contributed by atoms with E-state index in [1.54, 1.807) is 0 Å². The van der Waals surface area contributed by atoms with Gasteiger partial charge in [-0.15, -0.1) is 0 Å². The molecule has 0 aromatic heterocycles. The topological polar surface area (TPSA) is 35.6 Å². The summed E-state index contributed by atoms with van der Waals surface area (Å²) in [5.41, 5.74) is 3.40. The summed E-state index contributed by atoms with van der Waals surface area (Å²) in [5, 5.41) is 3.00. The number of aryl methyl sites for hydroxylation is 1. The van der Waals surface area contributed by atoms with E-state index in [9.17, 15) is 4.79 Å². The molecule has 0 unspecified atom stereocenters. The van der Waals surface area contributed by atoms with Crippen molar-refractivity contribution in [1.29, 1.82) is 0 Å². The van der Waals surface area contributed by atoms with Crippen molar-refractivity contribution in [3.8, 4) is 0 Å². The monoisotopic (exact) mass is 367 g/mol. The molecule has 4 heteroatoms. The van der Waals surface area contributed by atoms with Crippen molar-refractivity contribution in [3.05, 3.63) is 65.7 Å². The van der Waals surface area contributed by atoms with Gasteiger partial charge in [-0.1, -0.05) is 37.8 Å². The maximum Gasteiger partial charge on any atom is 0.251 e. The van der Waals surface area contributed by atoms with Crippen LogP contribution in [0.25, 0.3) is 0 Å². The van der Waals surface area contributed by atoms with E-state index in [-0.39, 0.29) is 13.3 Å². The van der Waals surface area contributed by atoms with Crippen LogP contribution < -0.4 is 10.2 Å².